The van der Waals surface area contributed by atoms with Crippen molar-refractivity contribution in [2.75, 3.05) is 44.7 Å². The summed E-state index contributed by atoms with van der Waals surface area (Å²) in [6, 6.07) is 6.08. The molecule has 1 fully saturated rings. The van der Waals surface area contributed by atoms with Gasteiger partial charge in [0.25, 0.3) is 0 Å². The molecule has 0 saturated carbocycles. The monoisotopic (exact) mass is 289 g/mol. The maximum Gasteiger partial charge on any atom is 0.193 e. The number of anilines is 1. The van der Waals surface area contributed by atoms with Crippen molar-refractivity contribution in [3.63, 3.8) is 0 Å². The second kappa shape index (κ2) is 7.86. The van der Waals surface area contributed by atoms with E-state index in [1.807, 2.05) is 25.4 Å². The van der Waals surface area contributed by atoms with Crippen molar-refractivity contribution < 1.29 is 0 Å². The molecule has 1 aromatic rings. The summed E-state index contributed by atoms with van der Waals surface area (Å²) in [5.41, 5.74) is 0. The van der Waals surface area contributed by atoms with Gasteiger partial charge < -0.3 is 15.1 Å². The molecule has 1 aromatic heterocycles. The van der Waals surface area contributed by atoms with Crippen LogP contribution in [0, 0.1) is 5.92 Å². The van der Waals surface area contributed by atoms with Crippen LogP contribution >= 0.6 is 0 Å². The molecule has 1 saturated heterocycles. The fourth-order valence-corrected chi connectivity index (χ4v) is 2.49. The highest BCUT2D eigenvalue weighted by molar-refractivity contribution is 5.80. The Bertz CT molecular complexity index is 435. The molecule has 5 heteroatoms. The number of rotatable bonds is 4. The van der Waals surface area contributed by atoms with E-state index >= 15 is 0 Å². The third-order valence-corrected chi connectivity index (χ3v) is 3.77. The van der Waals surface area contributed by atoms with Crippen molar-refractivity contribution in [3.8, 4) is 0 Å². The Hall–Kier alpha value is -1.78. The molecule has 1 aliphatic heterocycles. The summed E-state index contributed by atoms with van der Waals surface area (Å²) in [4.78, 5) is 13.5. The smallest absolute Gasteiger partial charge is 0.193 e. The van der Waals surface area contributed by atoms with Gasteiger partial charge in [0.15, 0.2) is 5.96 Å². The molecule has 0 aromatic carbocycles. The molecule has 0 aliphatic carbocycles. The first-order chi connectivity index (χ1) is 10.2. The van der Waals surface area contributed by atoms with Crippen molar-refractivity contribution in [2.24, 2.45) is 10.9 Å². The number of hydrogen-bond acceptors (Lipinski definition) is 3. The van der Waals surface area contributed by atoms with Crippen molar-refractivity contribution >= 4 is 11.8 Å². The van der Waals surface area contributed by atoms with Crippen LogP contribution in [0.1, 0.15) is 20.3 Å². The van der Waals surface area contributed by atoms with Crippen LogP contribution in [0.3, 0.4) is 0 Å². The van der Waals surface area contributed by atoms with Crippen LogP contribution in [-0.2, 0) is 0 Å². The second-order valence-electron chi connectivity index (χ2n) is 5.82. The quantitative estimate of drug-likeness (QED) is 0.678. The molecule has 0 amide bonds. The molecule has 0 atom stereocenters. The van der Waals surface area contributed by atoms with Crippen LogP contribution in [0.25, 0.3) is 0 Å². The van der Waals surface area contributed by atoms with Gasteiger partial charge in [0.2, 0.25) is 0 Å². The Morgan fingerprint density at radius 3 is 2.62 bits per heavy atom. The lowest BCUT2D eigenvalue weighted by Crippen LogP contribution is -2.52. The summed E-state index contributed by atoms with van der Waals surface area (Å²) in [5, 5.41) is 3.47. The molecule has 5 nitrogen and oxygen atoms in total. The summed E-state index contributed by atoms with van der Waals surface area (Å²) in [7, 11) is 1.86. The van der Waals surface area contributed by atoms with E-state index in [0.717, 1.165) is 50.4 Å². The molecular formula is C16H27N5. The molecule has 1 N–H and O–H groups in total. The summed E-state index contributed by atoms with van der Waals surface area (Å²) in [6.07, 6.45) is 3.03. The zero-order valence-corrected chi connectivity index (χ0v) is 13.4. The molecule has 0 radical (unpaired) electrons. The summed E-state index contributed by atoms with van der Waals surface area (Å²) in [5.74, 6) is 2.81. The first kappa shape index (κ1) is 15.6. The highest BCUT2D eigenvalue weighted by atomic mass is 15.4. The number of piperazine rings is 1. The molecule has 116 valence electrons. The highest BCUT2D eigenvalue weighted by Gasteiger charge is 2.20. The number of guanidine groups is 1. The minimum absolute atomic E-state index is 0.719. The minimum Gasteiger partial charge on any atom is -0.356 e. The number of nitrogens with zero attached hydrogens (tertiary/aromatic N) is 4. The SMILES string of the molecule is CN=C(NCCC(C)C)N1CCN(c2ccccn2)CC1. The average Bonchev–Trinajstić information content (AvgIpc) is 2.52. The minimum atomic E-state index is 0.719. The lowest BCUT2D eigenvalue weighted by Gasteiger charge is -2.37. The Kier molecular flexibility index (Phi) is 5.84. The standard InChI is InChI=1S/C16H27N5/c1-14(2)7-9-19-16(17-3)21-12-10-20(11-13-21)15-6-4-5-8-18-15/h4-6,8,14H,7,9-13H2,1-3H3,(H,17,19). The van der Waals surface area contributed by atoms with Crippen LogP contribution in [0.15, 0.2) is 29.4 Å². The summed E-state index contributed by atoms with van der Waals surface area (Å²) < 4.78 is 0. The zero-order chi connectivity index (χ0) is 15.1. The normalized spacial score (nSPS) is 16.5. The second-order valence-corrected chi connectivity index (χ2v) is 5.82. The molecule has 2 rings (SSSR count). The lowest BCUT2D eigenvalue weighted by molar-refractivity contribution is 0.370. The Balaban J connectivity index is 1.82. The van der Waals surface area contributed by atoms with Gasteiger partial charge in [-0.15, -0.1) is 0 Å². The summed E-state index contributed by atoms with van der Waals surface area (Å²) in [6.45, 7) is 9.43. The fraction of sp³-hybridized carbons (Fsp3) is 0.625. The molecule has 0 bridgehead atoms. The molecule has 0 unspecified atom stereocenters. The first-order valence-electron chi connectivity index (χ1n) is 7.82. The first-order valence-corrected chi connectivity index (χ1v) is 7.82. The number of hydrogen-bond donors (Lipinski definition) is 1. The van der Waals surface area contributed by atoms with E-state index in [0.29, 0.717) is 0 Å². The third kappa shape index (κ3) is 4.62. The van der Waals surface area contributed by atoms with Gasteiger partial charge in [-0.25, -0.2) is 4.98 Å². The maximum atomic E-state index is 4.42. The van der Waals surface area contributed by atoms with Gasteiger partial charge >= 0.3 is 0 Å². The topological polar surface area (TPSA) is 43.8 Å². The van der Waals surface area contributed by atoms with Gasteiger partial charge in [0.1, 0.15) is 5.82 Å². The molecule has 21 heavy (non-hydrogen) atoms. The van der Waals surface area contributed by atoms with Crippen LogP contribution in [0.5, 0.6) is 0 Å². The van der Waals surface area contributed by atoms with Crippen molar-refractivity contribution in [1.82, 2.24) is 15.2 Å². The van der Waals surface area contributed by atoms with Crippen molar-refractivity contribution in [2.45, 2.75) is 20.3 Å². The van der Waals surface area contributed by atoms with Crippen LogP contribution < -0.4 is 10.2 Å². The average molecular weight is 289 g/mol. The van der Waals surface area contributed by atoms with Crippen molar-refractivity contribution in [3.05, 3.63) is 24.4 Å². The highest BCUT2D eigenvalue weighted by Crippen LogP contribution is 2.12. The Morgan fingerprint density at radius 1 is 1.29 bits per heavy atom. The van der Waals surface area contributed by atoms with E-state index in [1.54, 1.807) is 0 Å². The largest absolute Gasteiger partial charge is 0.356 e. The zero-order valence-electron chi connectivity index (χ0n) is 13.4. The predicted molar refractivity (Wildman–Crippen MR) is 88.8 cm³/mol. The Labute approximate surface area is 128 Å². The van der Waals surface area contributed by atoms with E-state index in [-0.39, 0.29) is 0 Å². The van der Waals surface area contributed by atoms with Gasteiger partial charge in [0, 0.05) is 46.0 Å². The number of nitrogens with one attached hydrogen (secondary N) is 1. The maximum absolute atomic E-state index is 4.42. The van der Waals surface area contributed by atoms with Gasteiger partial charge in [-0.2, -0.15) is 0 Å². The van der Waals surface area contributed by atoms with Gasteiger partial charge in [-0.3, -0.25) is 4.99 Å². The van der Waals surface area contributed by atoms with Crippen LogP contribution in [-0.4, -0.2) is 55.6 Å². The van der Waals surface area contributed by atoms with Gasteiger partial charge in [-0.05, 0) is 24.5 Å². The molecule has 0 spiro atoms. The van der Waals surface area contributed by atoms with Crippen molar-refractivity contribution in [1.29, 1.82) is 0 Å². The van der Waals surface area contributed by atoms with E-state index in [4.69, 9.17) is 0 Å². The Morgan fingerprint density at radius 2 is 2.05 bits per heavy atom. The van der Waals surface area contributed by atoms with E-state index < -0.39 is 0 Å². The molecule has 2 heterocycles. The number of aliphatic imine (C=N–C) groups is 1. The lowest BCUT2D eigenvalue weighted by atomic mass is 10.1. The summed E-state index contributed by atoms with van der Waals surface area (Å²) >= 11 is 0. The van der Waals surface area contributed by atoms with E-state index in [9.17, 15) is 0 Å². The van der Waals surface area contributed by atoms with E-state index in [2.05, 4.69) is 45.0 Å². The third-order valence-electron chi connectivity index (χ3n) is 3.77. The molecular weight excluding hydrogens is 262 g/mol. The van der Waals surface area contributed by atoms with Gasteiger partial charge in [0.05, 0.1) is 0 Å². The van der Waals surface area contributed by atoms with Crippen LogP contribution in [0.2, 0.25) is 0 Å². The number of pyridine rings is 1. The van der Waals surface area contributed by atoms with Gasteiger partial charge in [-0.1, -0.05) is 19.9 Å². The predicted octanol–water partition coefficient (Wildman–Crippen LogP) is 1.83. The van der Waals surface area contributed by atoms with Crippen LogP contribution in [0.4, 0.5) is 5.82 Å². The van der Waals surface area contributed by atoms with E-state index in [1.165, 1.54) is 6.42 Å². The molecule has 1 aliphatic rings. The number of aromatic nitrogens is 1. The fourth-order valence-electron chi connectivity index (χ4n) is 2.49.